The molecule has 2 rings (SSSR count). The Morgan fingerprint density at radius 3 is 2.43 bits per heavy atom. The molecule has 0 spiro atoms. The average Bonchev–Trinajstić information content (AvgIpc) is 3.20. The summed E-state index contributed by atoms with van der Waals surface area (Å²) >= 11 is 0. The second kappa shape index (κ2) is 10.3. The molecule has 156 valence electrons. The van der Waals surface area contributed by atoms with Crippen molar-refractivity contribution in [2.24, 2.45) is 5.92 Å². The van der Waals surface area contributed by atoms with Crippen LogP contribution in [0, 0.1) is 5.92 Å². The van der Waals surface area contributed by atoms with Crippen LogP contribution in [0.4, 0.5) is 16.2 Å². The van der Waals surface area contributed by atoms with Crippen LogP contribution in [0.3, 0.4) is 0 Å². The number of rotatable bonds is 8. The van der Waals surface area contributed by atoms with Gasteiger partial charge in [-0.05, 0) is 56.9 Å². The van der Waals surface area contributed by atoms with E-state index >= 15 is 0 Å². The molecule has 3 amide bonds. The van der Waals surface area contributed by atoms with Crippen LogP contribution in [0.5, 0.6) is 0 Å². The van der Waals surface area contributed by atoms with Gasteiger partial charge in [-0.1, -0.05) is 19.8 Å². The van der Waals surface area contributed by atoms with Crippen molar-refractivity contribution in [3.8, 4) is 0 Å². The molecule has 1 saturated carbocycles. The van der Waals surface area contributed by atoms with Gasteiger partial charge in [-0.25, -0.2) is 4.79 Å². The zero-order valence-electron chi connectivity index (χ0n) is 18.0. The maximum absolute atomic E-state index is 12.6. The molecule has 6 heteroatoms. The van der Waals surface area contributed by atoms with Crippen LogP contribution in [0.2, 0.25) is 0 Å². The van der Waals surface area contributed by atoms with E-state index in [9.17, 15) is 9.59 Å². The fourth-order valence-electron chi connectivity index (χ4n) is 3.74. The fraction of sp³-hybridized carbons (Fsp3) is 0.636. The molecule has 28 heavy (non-hydrogen) atoms. The van der Waals surface area contributed by atoms with Crippen molar-refractivity contribution in [2.75, 3.05) is 30.9 Å². The lowest BCUT2D eigenvalue weighted by molar-refractivity contribution is -0.119. The number of carbonyl (C=O) groups is 2. The summed E-state index contributed by atoms with van der Waals surface area (Å²) in [7, 11) is 3.99. The predicted molar refractivity (Wildman–Crippen MR) is 116 cm³/mol. The summed E-state index contributed by atoms with van der Waals surface area (Å²) < 4.78 is 0. The maximum atomic E-state index is 12.6. The highest BCUT2D eigenvalue weighted by Crippen LogP contribution is 2.28. The Balaban J connectivity index is 2.25. The summed E-state index contributed by atoms with van der Waals surface area (Å²) in [5.41, 5.74) is 2.88. The van der Waals surface area contributed by atoms with E-state index in [1.807, 2.05) is 49.0 Å². The topological polar surface area (TPSA) is 64.7 Å². The highest BCUT2D eigenvalue weighted by Gasteiger charge is 2.24. The van der Waals surface area contributed by atoms with Crippen molar-refractivity contribution in [2.45, 2.75) is 65.5 Å². The molecule has 0 aromatic heterocycles. The minimum atomic E-state index is -0.0537. The maximum Gasteiger partial charge on any atom is 0.317 e. The minimum Gasteiger partial charge on any atom is -0.377 e. The molecule has 0 radical (unpaired) electrons. The van der Waals surface area contributed by atoms with Crippen LogP contribution in [-0.2, 0) is 11.3 Å². The van der Waals surface area contributed by atoms with Crippen LogP contribution < -0.4 is 15.5 Å². The lowest BCUT2D eigenvalue weighted by Gasteiger charge is -2.30. The Labute approximate surface area is 169 Å². The molecule has 1 atom stereocenters. The van der Waals surface area contributed by atoms with Gasteiger partial charge in [-0.3, -0.25) is 4.79 Å². The van der Waals surface area contributed by atoms with Crippen LogP contribution in [0.15, 0.2) is 18.2 Å². The van der Waals surface area contributed by atoms with Crippen molar-refractivity contribution in [3.63, 3.8) is 0 Å². The average molecular weight is 389 g/mol. The third kappa shape index (κ3) is 5.63. The smallest absolute Gasteiger partial charge is 0.317 e. The molecule has 0 aliphatic heterocycles. The zero-order chi connectivity index (χ0) is 20.7. The molecule has 2 N–H and O–H groups in total. The van der Waals surface area contributed by atoms with E-state index in [-0.39, 0.29) is 23.9 Å². The Morgan fingerprint density at radius 2 is 1.86 bits per heavy atom. The van der Waals surface area contributed by atoms with Gasteiger partial charge in [0.1, 0.15) is 0 Å². The molecule has 1 fully saturated rings. The lowest BCUT2D eigenvalue weighted by Crippen LogP contribution is -2.44. The van der Waals surface area contributed by atoms with Gasteiger partial charge in [0.25, 0.3) is 0 Å². The number of hydrogen-bond donors (Lipinski definition) is 2. The largest absolute Gasteiger partial charge is 0.377 e. The summed E-state index contributed by atoms with van der Waals surface area (Å²) in [5.74, 6) is 0.243. The molecule has 0 unspecified atom stereocenters. The first-order valence-corrected chi connectivity index (χ1v) is 10.5. The Morgan fingerprint density at radius 1 is 1.18 bits per heavy atom. The molecule has 0 bridgehead atoms. The quantitative estimate of drug-likeness (QED) is 0.701. The Hall–Kier alpha value is -2.24. The van der Waals surface area contributed by atoms with E-state index in [0.717, 1.165) is 49.0 Å². The summed E-state index contributed by atoms with van der Waals surface area (Å²) in [6.07, 6.45) is 5.12. The highest BCUT2D eigenvalue weighted by atomic mass is 16.2. The highest BCUT2D eigenvalue weighted by molar-refractivity contribution is 5.93. The predicted octanol–water partition coefficient (Wildman–Crippen LogP) is 4.21. The molecular weight excluding hydrogens is 352 g/mol. The summed E-state index contributed by atoms with van der Waals surface area (Å²) in [5, 5.41) is 6.00. The molecule has 1 aliphatic rings. The van der Waals surface area contributed by atoms with E-state index in [0.29, 0.717) is 13.1 Å². The first-order valence-electron chi connectivity index (χ1n) is 10.5. The summed E-state index contributed by atoms with van der Waals surface area (Å²) in [6, 6.07) is 6.05. The zero-order valence-corrected chi connectivity index (χ0v) is 18.0. The van der Waals surface area contributed by atoms with Crippen LogP contribution in [0.1, 0.15) is 58.4 Å². The van der Waals surface area contributed by atoms with Gasteiger partial charge in [-0.15, -0.1) is 0 Å². The minimum absolute atomic E-state index is 0.0537. The number of urea groups is 1. The summed E-state index contributed by atoms with van der Waals surface area (Å²) in [4.78, 5) is 29.0. The normalized spacial score (nSPS) is 15.2. The van der Waals surface area contributed by atoms with Crippen LogP contribution in [0.25, 0.3) is 0 Å². The third-order valence-electron chi connectivity index (χ3n) is 5.61. The number of amides is 3. The number of benzene rings is 1. The second-order valence-corrected chi connectivity index (χ2v) is 7.93. The van der Waals surface area contributed by atoms with Gasteiger partial charge in [0.2, 0.25) is 5.91 Å². The number of hydrogen-bond acceptors (Lipinski definition) is 3. The van der Waals surface area contributed by atoms with E-state index in [1.54, 1.807) is 0 Å². The Bertz CT molecular complexity index is 669. The Kier molecular flexibility index (Phi) is 8.15. The number of nitrogens with zero attached hydrogens (tertiary/aromatic N) is 2. The molecule has 0 heterocycles. The number of anilines is 2. The van der Waals surface area contributed by atoms with Crippen molar-refractivity contribution in [1.29, 1.82) is 0 Å². The van der Waals surface area contributed by atoms with Gasteiger partial charge in [-0.2, -0.15) is 0 Å². The molecular formula is C22H36N4O2. The van der Waals surface area contributed by atoms with E-state index < -0.39 is 0 Å². The van der Waals surface area contributed by atoms with Crippen LogP contribution >= 0.6 is 0 Å². The van der Waals surface area contributed by atoms with Crippen molar-refractivity contribution in [1.82, 2.24) is 10.2 Å². The molecule has 0 saturated heterocycles. The first kappa shape index (κ1) is 22.1. The first-order chi connectivity index (χ1) is 13.4. The summed E-state index contributed by atoms with van der Waals surface area (Å²) in [6.45, 7) is 7.18. The standard InChI is InChI=1S/C22H36N4O2/c1-6-16(3)26(22(28)23-7-2)15-18-14-19(12-13-20(18)25(4)5)24-21(27)17-10-8-9-11-17/h12-14,16-17H,6-11,15H2,1-5H3,(H,23,28)(H,24,27)/t16-/m1/s1. The van der Waals surface area contributed by atoms with Gasteiger partial charge < -0.3 is 20.4 Å². The second-order valence-electron chi connectivity index (χ2n) is 7.93. The van der Waals surface area contributed by atoms with Crippen molar-refractivity contribution in [3.05, 3.63) is 23.8 Å². The van der Waals surface area contributed by atoms with E-state index in [4.69, 9.17) is 0 Å². The van der Waals surface area contributed by atoms with Gasteiger partial charge >= 0.3 is 6.03 Å². The van der Waals surface area contributed by atoms with E-state index in [2.05, 4.69) is 24.5 Å². The number of carbonyl (C=O) groups excluding carboxylic acids is 2. The third-order valence-corrected chi connectivity index (χ3v) is 5.61. The van der Waals surface area contributed by atoms with Crippen LogP contribution in [-0.4, -0.2) is 43.5 Å². The van der Waals surface area contributed by atoms with Gasteiger partial charge in [0, 0.05) is 50.5 Å². The monoisotopic (exact) mass is 388 g/mol. The molecule has 1 aromatic carbocycles. The van der Waals surface area contributed by atoms with Crippen molar-refractivity contribution >= 4 is 23.3 Å². The number of nitrogens with one attached hydrogen (secondary N) is 2. The molecule has 1 aliphatic carbocycles. The lowest BCUT2D eigenvalue weighted by atomic mass is 10.1. The van der Waals surface area contributed by atoms with E-state index in [1.165, 1.54) is 0 Å². The van der Waals surface area contributed by atoms with Crippen molar-refractivity contribution < 1.29 is 9.59 Å². The fourth-order valence-corrected chi connectivity index (χ4v) is 3.74. The van der Waals surface area contributed by atoms with Gasteiger partial charge in [0.15, 0.2) is 0 Å². The SMILES string of the molecule is CCNC(=O)N(Cc1cc(NC(=O)C2CCCC2)ccc1N(C)C)[C@H](C)CC. The van der Waals surface area contributed by atoms with Gasteiger partial charge in [0.05, 0.1) is 0 Å². The molecule has 1 aromatic rings. The molecule has 6 nitrogen and oxygen atoms in total.